The molecule has 1 aliphatic rings. The molecule has 6 aromatic carbocycles. The molecule has 3 heteroatoms. The quantitative estimate of drug-likeness (QED) is 0.194. The van der Waals surface area contributed by atoms with E-state index in [4.69, 9.17) is 9.40 Å². The van der Waals surface area contributed by atoms with Crippen LogP contribution < -0.4 is 0 Å². The van der Waals surface area contributed by atoms with Crippen LogP contribution in [0.3, 0.4) is 0 Å². The highest BCUT2D eigenvalue weighted by molar-refractivity contribution is 6.12. The molecule has 0 radical (unpaired) electrons. The molecular weight excluding hydrogens is 597 g/mol. The molecule has 0 unspecified atom stereocenters. The molecule has 232 valence electrons. The zero-order chi connectivity index (χ0) is 32.7. The first-order chi connectivity index (χ1) is 24.0. The predicted molar refractivity (Wildman–Crippen MR) is 202 cm³/mol. The highest BCUT2D eigenvalue weighted by atomic mass is 16.3. The van der Waals surface area contributed by atoms with Gasteiger partial charge in [0.1, 0.15) is 16.8 Å². The first-order valence-corrected chi connectivity index (χ1v) is 16.9. The van der Waals surface area contributed by atoms with Crippen molar-refractivity contribution in [1.82, 2.24) is 9.38 Å². The smallest absolute Gasteiger partial charge is 0.143 e. The molecule has 1 aliphatic carbocycles. The minimum absolute atomic E-state index is 0.0919. The third-order valence-electron chi connectivity index (χ3n) is 10.4. The molecule has 3 aromatic heterocycles. The maximum absolute atomic E-state index is 6.88. The van der Waals surface area contributed by atoms with E-state index < -0.39 is 0 Å². The summed E-state index contributed by atoms with van der Waals surface area (Å²) in [5.74, 6) is 0. The maximum atomic E-state index is 6.88. The van der Waals surface area contributed by atoms with Crippen molar-refractivity contribution in [2.45, 2.75) is 19.3 Å². The number of furan rings is 1. The Morgan fingerprint density at radius 3 is 2.04 bits per heavy atom. The van der Waals surface area contributed by atoms with Crippen LogP contribution in [0.25, 0.3) is 83.5 Å². The summed E-state index contributed by atoms with van der Waals surface area (Å²) in [6, 6.07) is 54.2. The third kappa shape index (κ3) is 4.19. The van der Waals surface area contributed by atoms with Crippen molar-refractivity contribution in [1.29, 1.82) is 0 Å². The van der Waals surface area contributed by atoms with Crippen molar-refractivity contribution < 1.29 is 4.42 Å². The Balaban J connectivity index is 1.23. The van der Waals surface area contributed by atoms with E-state index in [2.05, 4.69) is 170 Å². The van der Waals surface area contributed by atoms with Crippen LogP contribution in [0.4, 0.5) is 0 Å². The van der Waals surface area contributed by atoms with E-state index in [0.29, 0.717) is 0 Å². The van der Waals surface area contributed by atoms with Crippen molar-refractivity contribution in [3.63, 3.8) is 0 Å². The van der Waals surface area contributed by atoms with Crippen molar-refractivity contribution in [3.05, 3.63) is 169 Å². The summed E-state index contributed by atoms with van der Waals surface area (Å²) in [6.45, 7) is 4.64. The van der Waals surface area contributed by atoms with Gasteiger partial charge < -0.3 is 4.42 Å². The lowest BCUT2D eigenvalue weighted by Gasteiger charge is -2.21. The lowest BCUT2D eigenvalue weighted by molar-refractivity contribution is 0.648. The van der Waals surface area contributed by atoms with Gasteiger partial charge in [-0.3, -0.25) is 4.40 Å². The molecule has 49 heavy (non-hydrogen) atoms. The minimum atomic E-state index is -0.0919. The second-order valence-corrected chi connectivity index (χ2v) is 13.6. The Hall–Kier alpha value is -6.19. The summed E-state index contributed by atoms with van der Waals surface area (Å²) in [6.07, 6.45) is 2.11. The van der Waals surface area contributed by atoms with E-state index in [1.54, 1.807) is 0 Å². The number of hydrogen-bond acceptors (Lipinski definition) is 2. The largest absolute Gasteiger partial charge is 0.455 e. The van der Waals surface area contributed by atoms with Gasteiger partial charge in [0.15, 0.2) is 0 Å². The van der Waals surface area contributed by atoms with Crippen LogP contribution in [0.5, 0.6) is 0 Å². The Morgan fingerprint density at radius 1 is 0.510 bits per heavy atom. The highest BCUT2D eigenvalue weighted by Crippen LogP contribution is 2.51. The average molecular weight is 629 g/mol. The zero-order valence-electron chi connectivity index (χ0n) is 27.3. The standard InChI is InChI=1S/C46H32N2O/c1-46(2)39-21-10-9-18-35(39)37-27-38-36-20-13-19-34(45(36)49-41(38)28-40(37)46)32-24-31(29-14-5-3-6-15-29)25-33(26-32)44-43(30-16-7-4-8-17-30)47-42-22-11-12-23-48(42)44/h3-28H,1-2H3. The summed E-state index contributed by atoms with van der Waals surface area (Å²) in [4.78, 5) is 5.15. The van der Waals surface area contributed by atoms with Crippen LogP contribution in [0, 0.1) is 0 Å². The fourth-order valence-corrected chi connectivity index (χ4v) is 8.01. The van der Waals surface area contributed by atoms with E-state index in [1.165, 1.54) is 22.3 Å². The summed E-state index contributed by atoms with van der Waals surface area (Å²) < 4.78 is 9.08. The predicted octanol–water partition coefficient (Wildman–Crippen LogP) is 12.2. The number of imidazole rings is 1. The van der Waals surface area contributed by atoms with E-state index in [9.17, 15) is 0 Å². The molecule has 0 amide bonds. The maximum Gasteiger partial charge on any atom is 0.143 e. The number of pyridine rings is 1. The molecule has 3 heterocycles. The van der Waals surface area contributed by atoms with Gasteiger partial charge in [0, 0.05) is 39.1 Å². The number of nitrogens with zero attached hydrogens (tertiary/aromatic N) is 2. The average Bonchev–Trinajstić information content (AvgIpc) is 3.79. The Bertz CT molecular complexity index is 2730. The Kier molecular flexibility index (Phi) is 5.92. The first kappa shape index (κ1) is 27.9. The normalized spacial score (nSPS) is 13.3. The highest BCUT2D eigenvalue weighted by Gasteiger charge is 2.36. The van der Waals surface area contributed by atoms with Crippen molar-refractivity contribution >= 4 is 27.6 Å². The Morgan fingerprint density at radius 2 is 1.20 bits per heavy atom. The lowest BCUT2D eigenvalue weighted by atomic mass is 9.82. The molecule has 3 nitrogen and oxygen atoms in total. The fourth-order valence-electron chi connectivity index (χ4n) is 8.01. The molecule has 0 spiro atoms. The van der Waals surface area contributed by atoms with E-state index in [-0.39, 0.29) is 5.41 Å². The second kappa shape index (κ2) is 10.4. The second-order valence-electron chi connectivity index (χ2n) is 13.6. The molecular formula is C46H32N2O. The number of rotatable bonds is 4. The summed E-state index contributed by atoms with van der Waals surface area (Å²) >= 11 is 0. The lowest BCUT2D eigenvalue weighted by Crippen LogP contribution is -2.14. The van der Waals surface area contributed by atoms with Gasteiger partial charge in [-0.2, -0.15) is 0 Å². The van der Waals surface area contributed by atoms with Gasteiger partial charge in [0.2, 0.25) is 0 Å². The van der Waals surface area contributed by atoms with Gasteiger partial charge in [-0.1, -0.05) is 123 Å². The summed E-state index contributed by atoms with van der Waals surface area (Å²) in [5.41, 5.74) is 16.6. The molecule has 0 atom stereocenters. The number of fused-ring (bicyclic) bond motifs is 7. The first-order valence-electron chi connectivity index (χ1n) is 16.9. The van der Waals surface area contributed by atoms with Crippen LogP contribution in [0.1, 0.15) is 25.0 Å². The molecule has 0 saturated carbocycles. The SMILES string of the molecule is CC1(C)c2ccccc2-c2cc3c(cc21)oc1c(-c2cc(-c4ccccc4)cc(-c4c(-c5ccccc5)nc5ccccn45)c2)cccc13. The fraction of sp³-hybridized carbons (Fsp3) is 0.0652. The van der Waals surface area contributed by atoms with Crippen molar-refractivity contribution in [2.75, 3.05) is 0 Å². The van der Waals surface area contributed by atoms with Crippen LogP contribution in [0.15, 0.2) is 162 Å². The van der Waals surface area contributed by atoms with Gasteiger partial charge in [-0.15, -0.1) is 0 Å². The molecule has 9 aromatic rings. The number of hydrogen-bond donors (Lipinski definition) is 0. The monoisotopic (exact) mass is 628 g/mol. The molecule has 0 bridgehead atoms. The van der Waals surface area contributed by atoms with Gasteiger partial charge in [0.25, 0.3) is 0 Å². The van der Waals surface area contributed by atoms with Gasteiger partial charge in [-0.25, -0.2) is 4.98 Å². The van der Waals surface area contributed by atoms with E-state index in [0.717, 1.165) is 72.4 Å². The summed E-state index contributed by atoms with van der Waals surface area (Å²) in [5, 5.41) is 2.28. The Labute approximate surface area is 284 Å². The molecule has 0 saturated heterocycles. The zero-order valence-corrected chi connectivity index (χ0v) is 27.3. The van der Waals surface area contributed by atoms with Gasteiger partial charge in [-0.05, 0) is 81.4 Å². The number of aromatic nitrogens is 2. The van der Waals surface area contributed by atoms with Crippen LogP contribution in [-0.2, 0) is 5.41 Å². The van der Waals surface area contributed by atoms with Crippen molar-refractivity contribution in [3.8, 4) is 55.9 Å². The van der Waals surface area contributed by atoms with Crippen molar-refractivity contribution in [2.24, 2.45) is 0 Å². The van der Waals surface area contributed by atoms with Gasteiger partial charge in [0.05, 0.1) is 11.4 Å². The molecule has 10 rings (SSSR count). The van der Waals surface area contributed by atoms with Crippen LogP contribution in [0.2, 0.25) is 0 Å². The topological polar surface area (TPSA) is 30.4 Å². The number of para-hydroxylation sites is 1. The molecule has 0 aliphatic heterocycles. The minimum Gasteiger partial charge on any atom is -0.455 e. The summed E-state index contributed by atoms with van der Waals surface area (Å²) in [7, 11) is 0. The van der Waals surface area contributed by atoms with Crippen LogP contribution >= 0.6 is 0 Å². The number of benzene rings is 6. The van der Waals surface area contributed by atoms with E-state index in [1.807, 2.05) is 6.07 Å². The third-order valence-corrected chi connectivity index (χ3v) is 10.4. The molecule has 0 fully saturated rings. The van der Waals surface area contributed by atoms with Gasteiger partial charge >= 0.3 is 0 Å². The van der Waals surface area contributed by atoms with E-state index >= 15 is 0 Å². The van der Waals surface area contributed by atoms with Crippen LogP contribution in [-0.4, -0.2) is 9.38 Å². The molecule has 0 N–H and O–H groups in total.